The highest BCUT2D eigenvalue weighted by molar-refractivity contribution is 7.13. The molecule has 4 rings (SSSR count). The number of thiophene rings is 1. The highest BCUT2D eigenvalue weighted by Gasteiger charge is 2.11. The predicted octanol–water partition coefficient (Wildman–Crippen LogP) is 3.88. The van der Waals surface area contributed by atoms with Gasteiger partial charge in [-0.25, -0.2) is 4.79 Å². The van der Waals surface area contributed by atoms with Crippen LogP contribution in [0.4, 0.5) is 0 Å². The van der Waals surface area contributed by atoms with Gasteiger partial charge in [0.2, 0.25) is 5.56 Å². The van der Waals surface area contributed by atoms with Crippen molar-refractivity contribution in [2.45, 2.75) is 0 Å². The SMILES string of the molecule is O=c1cc(-c2cccs2)cc(-c2cc3ccccc3oc2=O)[nH]1. The fraction of sp³-hybridized carbons (Fsp3) is 0. The van der Waals surface area contributed by atoms with Crippen molar-refractivity contribution in [1.82, 2.24) is 4.98 Å². The van der Waals surface area contributed by atoms with Crippen LogP contribution in [0.5, 0.6) is 0 Å². The summed E-state index contributed by atoms with van der Waals surface area (Å²) in [4.78, 5) is 27.9. The minimum atomic E-state index is -0.470. The number of rotatable bonds is 2. The van der Waals surface area contributed by atoms with Crippen LogP contribution in [0.25, 0.3) is 32.7 Å². The molecule has 0 bridgehead atoms. The van der Waals surface area contributed by atoms with Crippen LogP contribution in [0.2, 0.25) is 0 Å². The number of para-hydroxylation sites is 1. The molecule has 0 atom stereocenters. The van der Waals surface area contributed by atoms with E-state index in [9.17, 15) is 9.59 Å². The molecule has 112 valence electrons. The molecule has 5 heteroatoms. The van der Waals surface area contributed by atoms with Crippen LogP contribution in [0.1, 0.15) is 0 Å². The first-order valence-corrected chi connectivity index (χ1v) is 7.90. The summed E-state index contributed by atoms with van der Waals surface area (Å²) in [6.45, 7) is 0. The van der Waals surface area contributed by atoms with E-state index < -0.39 is 5.63 Å². The van der Waals surface area contributed by atoms with Crippen molar-refractivity contribution in [1.29, 1.82) is 0 Å². The third kappa shape index (κ3) is 2.51. The fourth-order valence-corrected chi connectivity index (χ4v) is 3.24. The first kappa shape index (κ1) is 13.7. The normalized spacial score (nSPS) is 11.0. The number of H-pyrrole nitrogens is 1. The van der Waals surface area contributed by atoms with E-state index in [1.807, 2.05) is 35.7 Å². The molecule has 0 aliphatic rings. The summed E-state index contributed by atoms with van der Waals surface area (Å²) >= 11 is 1.54. The van der Waals surface area contributed by atoms with Crippen LogP contribution in [0, 0.1) is 0 Å². The number of fused-ring (bicyclic) bond motifs is 1. The average molecular weight is 321 g/mol. The summed E-state index contributed by atoms with van der Waals surface area (Å²) < 4.78 is 5.34. The Labute approximate surface area is 134 Å². The second kappa shape index (κ2) is 5.37. The van der Waals surface area contributed by atoms with Gasteiger partial charge in [-0.05, 0) is 35.2 Å². The minimum Gasteiger partial charge on any atom is -0.422 e. The summed E-state index contributed by atoms with van der Waals surface area (Å²) in [5.74, 6) is 0. The van der Waals surface area contributed by atoms with E-state index in [0.29, 0.717) is 16.8 Å². The number of benzene rings is 1. The van der Waals surface area contributed by atoms with Gasteiger partial charge >= 0.3 is 5.63 Å². The molecule has 23 heavy (non-hydrogen) atoms. The Morgan fingerprint density at radius 2 is 1.83 bits per heavy atom. The Kier molecular flexibility index (Phi) is 3.20. The van der Waals surface area contributed by atoms with E-state index in [4.69, 9.17) is 4.42 Å². The van der Waals surface area contributed by atoms with Gasteiger partial charge in [0.25, 0.3) is 0 Å². The average Bonchev–Trinajstić information content (AvgIpc) is 3.08. The number of pyridine rings is 1. The second-order valence-corrected chi connectivity index (χ2v) is 6.06. The maximum Gasteiger partial charge on any atom is 0.345 e. The molecule has 0 radical (unpaired) electrons. The van der Waals surface area contributed by atoms with Crippen molar-refractivity contribution in [3.8, 4) is 21.7 Å². The van der Waals surface area contributed by atoms with Crippen LogP contribution in [0.3, 0.4) is 0 Å². The zero-order valence-corrected chi connectivity index (χ0v) is 12.7. The first-order valence-electron chi connectivity index (χ1n) is 7.02. The quantitative estimate of drug-likeness (QED) is 0.570. The van der Waals surface area contributed by atoms with Crippen molar-refractivity contribution < 1.29 is 4.42 Å². The Morgan fingerprint density at radius 1 is 0.957 bits per heavy atom. The molecular formula is C18H11NO3S. The Hall–Kier alpha value is -2.92. The molecule has 4 aromatic rings. The maximum absolute atomic E-state index is 12.3. The highest BCUT2D eigenvalue weighted by Crippen LogP contribution is 2.26. The minimum absolute atomic E-state index is 0.251. The van der Waals surface area contributed by atoms with Gasteiger partial charge in [0, 0.05) is 16.3 Å². The van der Waals surface area contributed by atoms with E-state index >= 15 is 0 Å². The van der Waals surface area contributed by atoms with E-state index in [0.717, 1.165) is 15.8 Å². The molecule has 0 aliphatic carbocycles. The van der Waals surface area contributed by atoms with Gasteiger partial charge in [0.15, 0.2) is 0 Å². The van der Waals surface area contributed by atoms with Crippen LogP contribution >= 0.6 is 11.3 Å². The summed E-state index contributed by atoms with van der Waals surface area (Å²) in [7, 11) is 0. The molecule has 0 aliphatic heterocycles. The molecule has 0 spiro atoms. The number of hydrogen-bond acceptors (Lipinski definition) is 4. The van der Waals surface area contributed by atoms with E-state index in [2.05, 4.69) is 4.98 Å². The number of nitrogens with one attached hydrogen (secondary N) is 1. The monoisotopic (exact) mass is 321 g/mol. The van der Waals surface area contributed by atoms with Crippen molar-refractivity contribution in [2.75, 3.05) is 0 Å². The molecule has 0 saturated heterocycles. The number of aromatic nitrogens is 1. The van der Waals surface area contributed by atoms with Gasteiger partial charge < -0.3 is 9.40 Å². The molecule has 0 fully saturated rings. The highest BCUT2D eigenvalue weighted by atomic mass is 32.1. The summed E-state index contributed by atoms with van der Waals surface area (Å²) in [6, 6.07) is 16.2. The molecule has 4 nitrogen and oxygen atoms in total. The van der Waals surface area contributed by atoms with Gasteiger partial charge in [0.1, 0.15) is 5.58 Å². The lowest BCUT2D eigenvalue weighted by Gasteiger charge is -2.04. The lowest BCUT2D eigenvalue weighted by Crippen LogP contribution is -2.10. The summed E-state index contributed by atoms with van der Waals surface area (Å²) in [5, 5.41) is 2.75. The largest absolute Gasteiger partial charge is 0.422 e. The van der Waals surface area contributed by atoms with Crippen LogP contribution < -0.4 is 11.2 Å². The third-order valence-electron chi connectivity index (χ3n) is 3.58. The van der Waals surface area contributed by atoms with Crippen LogP contribution in [-0.4, -0.2) is 4.98 Å². The van der Waals surface area contributed by atoms with E-state index in [-0.39, 0.29) is 5.56 Å². The molecule has 0 saturated carbocycles. The molecule has 3 heterocycles. The lowest BCUT2D eigenvalue weighted by molar-refractivity contribution is 0.563. The van der Waals surface area contributed by atoms with Gasteiger partial charge in [-0.15, -0.1) is 11.3 Å². The Morgan fingerprint density at radius 3 is 2.65 bits per heavy atom. The second-order valence-electron chi connectivity index (χ2n) is 5.11. The van der Waals surface area contributed by atoms with Crippen molar-refractivity contribution in [2.24, 2.45) is 0 Å². The molecule has 1 N–H and O–H groups in total. The zero-order valence-electron chi connectivity index (χ0n) is 11.9. The standard InChI is InChI=1S/C18H11NO3S/c20-17-10-12(16-6-3-7-23-16)9-14(19-17)13-8-11-4-1-2-5-15(11)22-18(13)21/h1-10H,(H,19,20). The predicted molar refractivity (Wildman–Crippen MR) is 91.9 cm³/mol. The smallest absolute Gasteiger partial charge is 0.345 e. The van der Waals surface area contributed by atoms with Crippen molar-refractivity contribution in [3.63, 3.8) is 0 Å². The van der Waals surface area contributed by atoms with Crippen molar-refractivity contribution >= 4 is 22.3 Å². The number of aromatic amines is 1. The van der Waals surface area contributed by atoms with Gasteiger partial charge in [-0.2, -0.15) is 0 Å². The maximum atomic E-state index is 12.3. The molecule has 1 aromatic carbocycles. The number of hydrogen-bond donors (Lipinski definition) is 1. The van der Waals surface area contributed by atoms with Gasteiger partial charge in [-0.1, -0.05) is 24.3 Å². The molecule has 0 unspecified atom stereocenters. The fourth-order valence-electron chi connectivity index (χ4n) is 2.52. The molecule has 0 amide bonds. The van der Waals surface area contributed by atoms with Crippen LogP contribution in [-0.2, 0) is 0 Å². The molecule has 3 aromatic heterocycles. The first-order chi connectivity index (χ1) is 11.2. The van der Waals surface area contributed by atoms with Crippen LogP contribution in [0.15, 0.2) is 74.0 Å². The van der Waals surface area contributed by atoms with E-state index in [1.165, 1.54) is 6.07 Å². The van der Waals surface area contributed by atoms with E-state index in [1.54, 1.807) is 29.5 Å². The third-order valence-corrected chi connectivity index (χ3v) is 4.50. The Bertz CT molecular complexity index is 1110. The summed E-state index contributed by atoms with van der Waals surface area (Å²) in [5.41, 5.74) is 1.39. The Balaban J connectivity index is 1.96. The van der Waals surface area contributed by atoms with Gasteiger partial charge in [-0.3, -0.25) is 4.79 Å². The van der Waals surface area contributed by atoms with Crippen molar-refractivity contribution in [3.05, 3.63) is 80.8 Å². The lowest BCUT2D eigenvalue weighted by atomic mass is 10.1. The topological polar surface area (TPSA) is 63.1 Å². The molecular weight excluding hydrogens is 310 g/mol. The zero-order chi connectivity index (χ0) is 15.8. The summed E-state index contributed by atoms with van der Waals surface area (Å²) in [6.07, 6.45) is 0. The van der Waals surface area contributed by atoms with Gasteiger partial charge in [0.05, 0.1) is 11.3 Å².